The second kappa shape index (κ2) is 5.88. The third-order valence-electron chi connectivity index (χ3n) is 4.94. The zero-order chi connectivity index (χ0) is 18.6. The summed E-state index contributed by atoms with van der Waals surface area (Å²) in [7, 11) is -1.96. The summed E-state index contributed by atoms with van der Waals surface area (Å²) < 4.78 is 43.5. The smallest absolute Gasteiger partial charge is 0.258 e. The highest BCUT2D eigenvalue weighted by Gasteiger charge is 2.34. The first-order chi connectivity index (χ1) is 12.3. The van der Waals surface area contributed by atoms with E-state index in [-0.39, 0.29) is 16.6 Å². The van der Waals surface area contributed by atoms with Crippen LogP contribution in [0.4, 0.5) is 4.39 Å². The highest BCUT2D eigenvalue weighted by molar-refractivity contribution is 7.89. The molecule has 4 rings (SSSR count). The van der Waals surface area contributed by atoms with Crippen LogP contribution in [0, 0.1) is 12.7 Å². The number of benzene rings is 1. The molecule has 7 nitrogen and oxygen atoms in total. The number of aromatic amines is 1. The Morgan fingerprint density at radius 1 is 1.35 bits per heavy atom. The first-order valence-electron chi connectivity index (χ1n) is 8.48. The minimum Gasteiger partial charge on any atom is -0.342 e. The molecule has 0 amide bonds. The second-order valence-electron chi connectivity index (χ2n) is 6.82. The van der Waals surface area contributed by atoms with Gasteiger partial charge in [-0.2, -0.15) is 9.40 Å². The Bertz CT molecular complexity index is 1100. The zero-order valence-electron chi connectivity index (χ0n) is 14.8. The Balaban J connectivity index is 1.94. The van der Waals surface area contributed by atoms with Gasteiger partial charge >= 0.3 is 0 Å². The van der Waals surface area contributed by atoms with Gasteiger partial charge in [0.2, 0.25) is 0 Å². The average Bonchev–Trinajstić information content (AvgIpc) is 3.27. The van der Waals surface area contributed by atoms with E-state index in [9.17, 15) is 12.8 Å². The Kier molecular flexibility index (Phi) is 3.89. The van der Waals surface area contributed by atoms with Crippen LogP contribution in [0.25, 0.3) is 22.3 Å². The largest absolute Gasteiger partial charge is 0.342 e. The van der Waals surface area contributed by atoms with Crippen LogP contribution in [-0.4, -0.2) is 45.1 Å². The number of H-pyrrole nitrogens is 1. The van der Waals surface area contributed by atoms with Gasteiger partial charge in [-0.25, -0.2) is 17.8 Å². The zero-order valence-corrected chi connectivity index (χ0v) is 15.6. The SMILES string of the molecule is Cc1cc(F)c2[nH]c(S(=O)(=O)N3CCC[C@@H]3C)cc2c1-c1ncn(C)n1. The number of sulfonamides is 1. The molecule has 1 saturated heterocycles. The van der Waals surface area contributed by atoms with Crippen molar-refractivity contribution in [2.75, 3.05) is 6.54 Å². The molecule has 0 unspecified atom stereocenters. The van der Waals surface area contributed by atoms with Crippen molar-refractivity contribution in [1.82, 2.24) is 24.1 Å². The molecule has 1 aliphatic rings. The number of aryl methyl sites for hydroxylation is 2. The molecule has 26 heavy (non-hydrogen) atoms. The Morgan fingerprint density at radius 3 is 2.73 bits per heavy atom. The molecule has 1 aliphatic heterocycles. The van der Waals surface area contributed by atoms with Crippen LogP contribution < -0.4 is 0 Å². The van der Waals surface area contributed by atoms with Gasteiger partial charge in [0.25, 0.3) is 10.0 Å². The Labute approximate surface area is 150 Å². The van der Waals surface area contributed by atoms with Gasteiger partial charge in [-0.1, -0.05) is 0 Å². The van der Waals surface area contributed by atoms with Crippen molar-refractivity contribution in [2.24, 2.45) is 7.05 Å². The van der Waals surface area contributed by atoms with E-state index in [1.807, 2.05) is 6.92 Å². The number of aromatic nitrogens is 4. The standard InChI is InChI=1S/C17H20FN5O2S/c1-10-7-13(18)16-12(15(10)17-19-9-22(3)21-17)8-14(20-16)26(24,25)23-6-4-5-11(23)2/h7-9,11,20H,4-6H2,1-3H3/t11-/m0/s1. The summed E-state index contributed by atoms with van der Waals surface area (Å²) in [4.78, 5) is 7.02. The fraction of sp³-hybridized carbons (Fsp3) is 0.412. The van der Waals surface area contributed by atoms with Gasteiger partial charge in [0.1, 0.15) is 17.2 Å². The maximum absolute atomic E-state index is 14.5. The van der Waals surface area contributed by atoms with E-state index in [1.54, 1.807) is 25.0 Å². The molecule has 0 aliphatic carbocycles. The molecular weight excluding hydrogens is 357 g/mol. The molecule has 0 bridgehead atoms. The molecule has 2 aromatic heterocycles. The van der Waals surface area contributed by atoms with Gasteiger partial charge in [-0.15, -0.1) is 0 Å². The van der Waals surface area contributed by atoms with Crippen molar-refractivity contribution in [3.8, 4) is 11.4 Å². The summed E-state index contributed by atoms with van der Waals surface area (Å²) in [5.74, 6) is -0.0550. The van der Waals surface area contributed by atoms with E-state index < -0.39 is 15.8 Å². The van der Waals surface area contributed by atoms with E-state index >= 15 is 0 Å². The van der Waals surface area contributed by atoms with Crippen molar-refractivity contribution in [3.63, 3.8) is 0 Å². The number of halogens is 1. The summed E-state index contributed by atoms with van der Waals surface area (Å²) in [5, 5.41) is 4.77. The first kappa shape index (κ1) is 17.2. The molecule has 0 radical (unpaired) electrons. The molecule has 138 valence electrons. The molecular formula is C17H20FN5O2S. The number of hydrogen-bond acceptors (Lipinski definition) is 4. The number of hydrogen-bond donors (Lipinski definition) is 1. The van der Waals surface area contributed by atoms with E-state index in [4.69, 9.17) is 0 Å². The van der Waals surface area contributed by atoms with E-state index in [2.05, 4.69) is 15.1 Å². The van der Waals surface area contributed by atoms with Gasteiger partial charge in [0.15, 0.2) is 5.82 Å². The third-order valence-corrected chi connectivity index (χ3v) is 6.88. The second-order valence-corrected chi connectivity index (χ2v) is 8.68. The van der Waals surface area contributed by atoms with Crippen LogP contribution in [0.1, 0.15) is 25.3 Å². The average molecular weight is 377 g/mol. The predicted molar refractivity (Wildman–Crippen MR) is 95.6 cm³/mol. The van der Waals surface area contributed by atoms with E-state index in [0.717, 1.165) is 12.8 Å². The van der Waals surface area contributed by atoms with Gasteiger partial charge < -0.3 is 4.98 Å². The predicted octanol–water partition coefficient (Wildman–Crippen LogP) is 2.58. The summed E-state index contributed by atoms with van der Waals surface area (Å²) in [6.45, 7) is 4.13. The lowest BCUT2D eigenvalue weighted by Crippen LogP contribution is -2.33. The minimum absolute atomic E-state index is 0.00271. The van der Waals surface area contributed by atoms with Crippen molar-refractivity contribution < 1.29 is 12.8 Å². The van der Waals surface area contributed by atoms with Crippen molar-refractivity contribution in [1.29, 1.82) is 0 Å². The molecule has 1 fully saturated rings. The topological polar surface area (TPSA) is 83.9 Å². The van der Waals surface area contributed by atoms with Gasteiger partial charge in [-0.3, -0.25) is 4.68 Å². The van der Waals surface area contributed by atoms with Crippen LogP contribution in [0.5, 0.6) is 0 Å². The highest BCUT2D eigenvalue weighted by Crippen LogP contribution is 2.35. The quantitative estimate of drug-likeness (QED) is 0.760. The fourth-order valence-electron chi connectivity index (χ4n) is 3.64. The fourth-order valence-corrected chi connectivity index (χ4v) is 5.34. The molecule has 0 saturated carbocycles. The summed E-state index contributed by atoms with van der Waals surface area (Å²) in [6.07, 6.45) is 3.22. The summed E-state index contributed by atoms with van der Waals surface area (Å²) in [6, 6.07) is 2.81. The number of nitrogens with one attached hydrogen (secondary N) is 1. The van der Waals surface area contributed by atoms with Gasteiger partial charge in [0.05, 0.1) is 5.52 Å². The van der Waals surface area contributed by atoms with E-state index in [0.29, 0.717) is 28.9 Å². The molecule has 1 N–H and O–H groups in total. The minimum atomic E-state index is -3.71. The lowest BCUT2D eigenvalue weighted by molar-refractivity contribution is 0.407. The van der Waals surface area contributed by atoms with Gasteiger partial charge in [-0.05, 0) is 44.4 Å². The molecule has 1 aromatic carbocycles. The molecule has 0 spiro atoms. The van der Waals surface area contributed by atoms with Crippen LogP contribution in [-0.2, 0) is 17.1 Å². The number of nitrogens with zero attached hydrogens (tertiary/aromatic N) is 4. The summed E-state index contributed by atoms with van der Waals surface area (Å²) in [5.41, 5.74) is 1.44. The maximum Gasteiger partial charge on any atom is 0.258 e. The van der Waals surface area contributed by atoms with Crippen molar-refractivity contribution in [2.45, 2.75) is 37.8 Å². The lowest BCUT2D eigenvalue weighted by atomic mass is 10.0. The molecule has 3 aromatic rings. The first-order valence-corrected chi connectivity index (χ1v) is 9.92. The highest BCUT2D eigenvalue weighted by atomic mass is 32.2. The molecule has 1 atom stereocenters. The van der Waals surface area contributed by atoms with Crippen LogP contribution in [0.2, 0.25) is 0 Å². The van der Waals surface area contributed by atoms with E-state index in [1.165, 1.54) is 16.4 Å². The van der Waals surface area contributed by atoms with Crippen LogP contribution in [0.15, 0.2) is 23.5 Å². The normalized spacial score (nSPS) is 18.8. The maximum atomic E-state index is 14.5. The van der Waals surface area contributed by atoms with Gasteiger partial charge in [0, 0.05) is 30.6 Å². The van der Waals surface area contributed by atoms with Crippen LogP contribution in [0.3, 0.4) is 0 Å². The van der Waals surface area contributed by atoms with Crippen LogP contribution >= 0.6 is 0 Å². The molecule has 3 heterocycles. The summed E-state index contributed by atoms with van der Waals surface area (Å²) >= 11 is 0. The number of fused-ring (bicyclic) bond motifs is 1. The third kappa shape index (κ3) is 2.53. The lowest BCUT2D eigenvalue weighted by Gasteiger charge is -2.19. The Hall–Kier alpha value is -2.26. The van der Waals surface area contributed by atoms with Crippen molar-refractivity contribution in [3.05, 3.63) is 29.8 Å². The Morgan fingerprint density at radius 2 is 2.12 bits per heavy atom. The van der Waals surface area contributed by atoms with Crippen molar-refractivity contribution >= 4 is 20.9 Å². The monoisotopic (exact) mass is 377 g/mol. The molecule has 9 heteroatoms. The number of rotatable bonds is 3.